The van der Waals surface area contributed by atoms with Gasteiger partial charge in [0.05, 0.1) is 0 Å². The van der Waals surface area contributed by atoms with Crippen molar-refractivity contribution in [2.75, 3.05) is 11.9 Å². The van der Waals surface area contributed by atoms with Gasteiger partial charge in [0, 0.05) is 24.2 Å². The number of carbonyl (C=O) groups is 1. The highest BCUT2D eigenvalue weighted by Gasteiger charge is 2.07. The quantitative estimate of drug-likeness (QED) is 0.790. The lowest BCUT2D eigenvalue weighted by Crippen LogP contribution is -2.09. The van der Waals surface area contributed by atoms with Gasteiger partial charge >= 0.3 is 0 Å². The molecular weight excluding hydrogens is 234 g/mol. The van der Waals surface area contributed by atoms with Crippen LogP contribution < -0.4 is 5.32 Å². The number of hydrogen-bond acceptors (Lipinski definition) is 2. The molecule has 2 aromatic carbocycles. The van der Waals surface area contributed by atoms with Crippen LogP contribution in [0.4, 0.5) is 5.69 Å². The van der Waals surface area contributed by atoms with E-state index in [2.05, 4.69) is 17.4 Å². The monoisotopic (exact) mass is 253 g/mol. The molecule has 0 radical (unpaired) electrons. The van der Waals surface area contributed by atoms with Crippen molar-refractivity contribution in [2.45, 2.75) is 19.8 Å². The number of anilines is 1. The minimum atomic E-state index is 0.183. The van der Waals surface area contributed by atoms with Gasteiger partial charge in [0.15, 0.2) is 5.78 Å². The summed E-state index contributed by atoms with van der Waals surface area (Å²) in [5.74, 6) is 0.183. The van der Waals surface area contributed by atoms with Crippen molar-refractivity contribution in [2.24, 2.45) is 0 Å². The molecule has 0 heterocycles. The summed E-state index contributed by atoms with van der Waals surface area (Å²) < 4.78 is 0. The number of Topliss-reactive ketones (excluding diaryl/α,β-unsaturated/α-hetero) is 1. The SMILES string of the molecule is CCC(=O)c1ccccc1NCCc1ccccc1. The Morgan fingerprint density at radius 2 is 1.68 bits per heavy atom. The summed E-state index contributed by atoms with van der Waals surface area (Å²) in [4.78, 5) is 11.8. The predicted molar refractivity (Wildman–Crippen MR) is 79.7 cm³/mol. The van der Waals surface area contributed by atoms with Crippen LogP contribution >= 0.6 is 0 Å². The van der Waals surface area contributed by atoms with Crippen LogP contribution in [-0.2, 0) is 6.42 Å². The third-order valence-corrected chi connectivity index (χ3v) is 3.12. The first kappa shape index (κ1) is 13.3. The molecule has 0 saturated heterocycles. The standard InChI is InChI=1S/C17H19NO/c1-2-17(19)15-10-6-7-11-16(15)18-13-12-14-8-4-3-5-9-14/h3-11,18H,2,12-13H2,1H3. The Morgan fingerprint density at radius 3 is 2.42 bits per heavy atom. The minimum absolute atomic E-state index is 0.183. The molecule has 1 N–H and O–H groups in total. The van der Waals surface area contributed by atoms with Gasteiger partial charge in [-0.3, -0.25) is 4.79 Å². The number of hydrogen-bond donors (Lipinski definition) is 1. The van der Waals surface area contributed by atoms with Gasteiger partial charge in [-0.05, 0) is 24.1 Å². The van der Waals surface area contributed by atoms with Crippen LogP contribution in [0.2, 0.25) is 0 Å². The third-order valence-electron chi connectivity index (χ3n) is 3.12. The molecule has 2 nitrogen and oxygen atoms in total. The van der Waals surface area contributed by atoms with Crippen LogP contribution in [-0.4, -0.2) is 12.3 Å². The third kappa shape index (κ3) is 3.68. The average molecular weight is 253 g/mol. The van der Waals surface area contributed by atoms with Crippen LogP contribution in [0.3, 0.4) is 0 Å². The minimum Gasteiger partial charge on any atom is -0.384 e. The summed E-state index contributed by atoms with van der Waals surface area (Å²) in [7, 11) is 0. The van der Waals surface area contributed by atoms with Crippen molar-refractivity contribution >= 4 is 11.5 Å². The summed E-state index contributed by atoms with van der Waals surface area (Å²) in [6.07, 6.45) is 1.49. The van der Waals surface area contributed by atoms with Gasteiger partial charge < -0.3 is 5.32 Å². The molecule has 0 aliphatic heterocycles. The van der Waals surface area contributed by atoms with Gasteiger partial charge in [-0.2, -0.15) is 0 Å². The highest BCUT2D eigenvalue weighted by Crippen LogP contribution is 2.16. The molecule has 2 rings (SSSR count). The number of ketones is 1. The van der Waals surface area contributed by atoms with E-state index >= 15 is 0 Å². The Balaban J connectivity index is 1.98. The number of nitrogens with one attached hydrogen (secondary N) is 1. The lowest BCUT2D eigenvalue weighted by Gasteiger charge is -2.10. The molecule has 0 spiro atoms. The number of benzene rings is 2. The highest BCUT2D eigenvalue weighted by molar-refractivity contribution is 6.00. The lowest BCUT2D eigenvalue weighted by molar-refractivity contribution is 0.0989. The summed E-state index contributed by atoms with van der Waals surface area (Å²) in [5.41, 5.74) is 3.03. The van der Waals surface area contributed by atoms with Crippen molar-refractivity contribution in [3.63, 3.8) is 0 Å². The fraction of sp³-hybridized carbons (Fsp3) is 0.235. The molecule has 98 valence electrons. The lowest BCUT2D eigenvalue weighted by atomic mass is 10.1. The van der Waals surface area contributed by atoms with Crippen molar-refractivity contribution < 1.29 is 4.79 Å². The molecule has 0 atom stereocenters. The zero-order chi connectivity index (χ0) is 13.5. The van der Waals surface area contributed by atoms with E-state index < -0.39 is 0 Å². The second-order valence-corrected chi connectivity index (χ2v) is 4.48. The van der Waals surface area contributed by atoms with Crippen LogP contribution in [0.1, 0.15) is 29.3 Å². The van der Waals surface area contributed by atoms with Crippen LogP contribution in [0, 0.1) is 0 Å². The number of rotatable bonds is 6. The molecule has 0 aliphatic rings. The van der Waals surface area contributed by atoms with Crippen molar-refractivity contribution in [3.8, 4) is 0 Å². The number of carbonyl (C=O) groups excluding carboxylic acids is 1. The Bertz CT molecular complexity index is 534. The van der Waals surface area contributed by atoms with E-state index in [1.54, 1.807) is 0 Å². The first-order valence-electron chi connectivity index (χ1n) is 6.71. The van der Waals surface area contributed by atoms with Crippen LogP contribution in [0.25, 0.3) is 0 Å². The fourth-order valence-electron chi connectivity index (χ4n) is 2.06. The maximum absolute atomic E-state index is 11.8. The van der Waals surface area contributed by atoms with Crippen molar-refractivity contribution in [1.29, 1.82) is 0 Å². The summed E-state index contributed by atoms with van der Waals surface area (Å²) >= 11 is 0. The molecular formula is C17H19NO. The second kappa shape index (κ2) is 6.74. The van der Waals surface area contributed by atoms with Gasteiger partial charge in [0.1, 0.15) is 0 Å². The van der Waals surface area contributed by atoms with E-state index in [1.165, 1.54) is 5.56 Å². The van der Waals surface area contributed by atoms with Gasteiger partial charge in [-0.15, -0.1) is 0 Å². The molecule has 0 unspecified atom stereocenters. The Hall–Kier alpha value is -2.09. The zero-order valence-electron chi connectivity index (χ0n) is 11.2. The topological polar surface area (TPSA) is 29.1 Å². The summed E-state index contributed by atoms with van der Waals surface area (Å²) in [5, 5.41) is 3.36. The number of para-hydroxylation sites is 1. The van der Waals surface area contributed by atoms with Crippen LogP contribution in [0.5, 0.6) is 0 Å². The molecule has 19 heavy (non-hydrogen) atoms. The Kier molecular flexibility index (Phi) is 4.73. The summed E-state index contributed by atoms with van der Waals surface area (Å²) in [6.45, 7) is 2.72. The predicted octanol–water partition coefficient (Wildman–Crippen LogP) is 3.93. The van der Waals surface area contributed by atoms with E-state index in [0.29, 0.717) is 6.42 Å². The second-order valence-electron chi connectivity index (χ2n) is 4.48. The highest BCUT2D eigenvalue weighted by atomic mass is 16.1. The molecule has 0 aliphatic carbocycles. The maximum atomic E-state index is 11.8. The van der Waals surface area contributed by atoms with E-state index in [9.17, 15) is 4.79 Å². The average Bonchev–Trinajstić information content (AvgIpc) is 2.48. The largest absolute Gasteiger partial charge is 0.384 e. The van der Waals surface area contributed by atoms with Gasteiger partial charge in [0.25, 0.3) is 0 Å². The van der Waals surface area contributed by atoms with E-state index in [0.717, 1.165) is 24.2 Å². The van der Waals surface area contributed by atoms with E-state index in [-0.39, 0.29) is 5.78 Å². The van der Waals surface area contributed by atoms with Gasteiger partial charge in [-0.25, -0.2) is 0 Å². The van der Waals surface area contributed by atoms with E-state index in [1.807, 2.05) is 49.4 Å². The van der Waals surface area contributed by atoms with Crippen molar-refractivity contribution in [3.05, 3.63) is 65.7 Å². The molecule has 0 aromatic heterocycles. The van der Waals surface area contributed by atoms with E-state index in [4.69, 9.17) is 0 Å². The first-order valence-corrected chi connectivity index (χ1v) is 6.71. The summed E-state index contributed by atoms with van der Waals surface area (Å²) in [6, 6.07) is 18.1. The first-order chi connectivity index (χ1) is 9.31. The molecule has 0 amide bonds. The molecule has 2 aromatic rings. The van der Waals surface area contributed by atoms with Gasteiger partial charge in [0.2, 0.25) is 0 Å². The maximum Gasteiger partial charge on any atom is 0.164 e. The zero-order valence-corrected chi connectivity index (χ0v) is 11.2. The molecule has 0 bridgehead atoms. The molecule has 2 heteroatoms. The Labute approximate surface area is 114 Å². The molecule has 0 saturated carbocycles. The normalized spacial score (nSPS) is 10.2. The smallest absolute Gasteiger partial charge is 0.164 e. The van der Waals surface area contributed by atoms with Crippen LogP contribution in [0.15, 0.2) is 54.6 Å². The molecule has 0 fully saturated rings. The van der Waals surface area contributed by atoms with Gasteiger partial charge in [-0.1, -0.05) is 49.4 Å². The Morgan fingerprint density at radius 1 is 1.00 bits per heavy atom. The fourth-order valence-corrected chi connectivity index (χ4v) is 2.06. The van der Waals surface area contributed by atoms with Crippen molar-refractivity contribution in [1.82, 2.24) is 0 Å².